The van der Waals surface area contributed by atoms with E-state index in [4.69, 9.17) is 19.9 Å². The van der Waals surface area contributed by atoms with E-state index in [0.717, 1.165) is 74.3 Å². The molecular formula is C19H26N4O3. The Labute approximate surface area is 153 Å². The van der Waals surface area contributed by atoms with E-state index in [0.29, 0.717) is 11.9 Å². The van der Waals surface area contributed by atoms with Gasteiger partial charge in [-0.25, -0.2) is 9.97 Å². The highest BCUT2D eigenvalue weighted by Crippen LogP contribution is 2.37. The number of aromatic nitrogens is 2. The van der Waals surface area contributed by atoms with Crippen molar-refractivity contribution in [1.29, 1.82) is 0 Å². The molecule has 0 bridgehead atoms. The van der Waals surface area contributed by atoms with E-state index >= 15 is 0 Å². The SMILES string of the molecule is COc1ncnc2cc(N3CCOCC3)cc(O[C@H]3CC[C@@H](N)CC3)c12. The van der Waals surface area contributed by atoms with Gasteiger partial charge in [-0.1, -0.05) is 0 Å². The molecule has 1 aliphatic carbocycles. The number of methoxy groups -OCH3 is 1. The minimum atomic E-state index is 0.169. The predicted molar refractivity (Wildman–Crippen MR) is 100.0 cm³/mol. The molecule has 2 N–H and O–H groups in total. The van der Waals surface area contributed by atoms with E-state index < -0.39 is 0 Å². The van der Waals surface area contributed by atoms with Crippen LogP contribution in [0.3, 0.4) is 0 Å². The topological polar surface area (TPSA) is 82.7 Å². The molecule has 1 aromatic heterocycles. The van der Waals surface area contributed by atoms with Crippen LogP contribution in [0.15, 0.2) is 18.5 Å². The molecule has 4 rings (SSSR count). The third-order valence-electron chi connectivity index (χ3n) is 5.23. The number of rotatable bonds is 4. The van der Waals surface area contributed by atoms with Crippen LogP contribution in [0.4, 0.5) is 5.69 Å². The van der Waals surface area contributed by atoms with Crippen LogP contribution in [-0.4, -0.2) is 55.5 Å². The van der Waals surface area contributed by atoms with Crippen LogP contribution in [-0.2, 0) is 4.74 Å². The van der Waals surface area contributed by atoms with Crippen LogP contribution in [0.25, 0.3) is 10.9 Å². The Bertz CT molecular complexity index is 756. The number of nitrogens with two attached hydrogens (primary N) is 1. The van der Waals surface area contributed by atoms with Crippen LogP contribution in [0, 0.1) is 0 Å². The molecule has 1 aliphatic heterocycles. The molecule has 1 saturated heterocycles. The third kappa shape index (κ3) is 3.54. The van der Waals surface area contributed by atoms with Crippen molar-refractivity contribution in [2.45, 2.75) is 37.8 Å². The van der Waals surface area contributed by atoms with Gasteiger partial charge in [0.15, 0.2) is 0 Å². The smallest absolute Gasteiger partial charge is 0.228 e. The van der Waals surface area contributed by atoms with Crippen molar-refractivity contribution < 1.29 is 14.2 Å². The largest absolute Gasteiger partial charge is 0.489 e. The van der Waals surface area contributed by atoms with Crippen LogP contribution in [0.1, 0.15) is 25.7 Å². The number of fused-ring (bicyclic) bond motifs is 1. The van der Waals surface area contributed by atoms with Crippen molar-refractivity contribution in [1.82, 2.24) is 9.97 Å². The van der Waals surface area contributed by atoms with E-state index in [1.807, 2.05) is 0 Å². The van der Waals surface area contributed by atoms with E-state index in [2.05, 4.69) is 27.0 Å². The highest BCUT2D eigenvalue weighted by atomic mass is 16.5. The van der Waals surface area contributed by atoms with Gasteiger partial charge in [0.05, 0.1) is 31.9 Å². The van der Waals surface area contributed by atoms with Gasteiger partial charge >= 0.3 is 0 Å². The Morgan fingerprint density at radius 3 is 2.62 bits per heavy atom. The maximum Gasteiger partial charge on any atom is 0.228 e. The zero-order chi connectivity index (χ0) is 17.9. The lowest BCUT2D eigenvalue weighted by Crippen LogP contribution is -2.36. The minimum absolute atomic E-state index is 0.169. The molecule has 26 heavy (non-hydrogen) atoms. The normalized spacial score (nSPS) is 23.8. The number of hydrogen-bond donors (Lipinski definition) is 1. The fourth-order valence-electron chi connectivity index (χ4n) is 3.75. The number of morpholine rings is 1. The van der Waals surface area contributed by atoms with Crippen molar-refractivity contribution >= 4 is 16.6 Å². The number of anilines is 1. The molecule has 2 fully saturated rings. The van der Waals surface area contributed by atoms with Gasteiger partial charge in [-0.05, 0) is 31.7 Å². The summed E-state index contributed by atoms with van der Waals surface area (Å²) in [6.45, 7) is 3.21. The van der Waals surface area contributed by atoms with Crippen LogP contribution in [0.2, 0.25) is 0 Å². The molecule has 2 aromatic rings. The molecule has 1 saturated carbocycles. The number of hydrogen-bond acceptors (Lipinski definition) is 7. The molecule has 2 aliphatic rings. The maximum atomic E-state index is 6.42. The van der Waals surface area contributed by atoms with Gasteiger partial charge in [0.1, 0.15) is 17.5 Å². The molecule has 7 heteroatoms. The van der Waals surface area contributed by atoms with Gasteiger partial charge in [0, 0.05) is 30.9 Å². The molecule has 140 valence electrons. The summed E-state index contributed by atoms with van der Waals surface area (Å²) < 4.78 is 17.4. The quantitative estimate of drug-likeness (QED) is 0.896. The average molecular weight is 358 g/mol. The average Bonchev–Trinajstić information content (AvgIpc) is 2.69. The molecule has 2 heterocycles. The Balaban J connectivity index is 1.71. The molecule has 0 spiro atoms. The first-order chi connectivity index (χ1) is 12.7. The van der Waals surface area contributed by atoms with Crippen molar-refractivity contribution in [3.63, 3.8) is 0 Å². The highest BCUT2D eigenvalue weighted by Gasteiger charge is 2.23. The molecule has 0 radical (unpaired) electrons. The zero-order valence-electron chi connectivity index (χ0n) is 15.2. The second kappa shape index (κ2) is 7.63. The molecule has 0 atom stereocenters. The van der Waals surface area contributed by atoms with Crippen LogP contribution in [0.5, 0.6) is 11.6 Å². The van der Waals surface area contributed by atoms with E-state index in [-0.39, 0.29) is 6.10 Å². The maximum absolute atomic E-state index is 6.42. The Morgan fingerprint density at radius 1 is 1.12 bits per heavy atom. The fourth-order valence-corrected chi connectivity index (χ4v) is 3.75. The standard InChI is InChI=1S/C19H26N4O3/c1-24-19-18-16(21-12-22-19)10-14(23-6-8-25-9-7-23)11-17(18)26-15-4-2-13(20)3-5-15/h10-13,15H,2-9,20H2,1H3/t13-,15+. The van der Waals surface area contributed by atoms with Gasteiger partial charge in [-0.2, -0.15) is 0 Å². The van der Waals surface area contributed by atoms with Crippen molar-refractivity contribution in [2.24, 2.45) is 5.73 Å². The van der Waals surface area contributed by atoms with E-state index in [9.17, 15) is 0 Å². The summed E-state index contributed by atoms with van der Waals surface area (Å²) in [6, 6.07) is 4.46. The van der Waals surface area contributed by atoms with Crippen molar-refractivity contribution in [3.8, 4) is 11.6 Å². The van der Waals surface area contributed by atoms with Crippen molar-refractivity contribution in [2.75, 3.05) is 38.3 Å². The monoisotopic (exact) mass is 358 g/mol. The first-order valence-electron chi connectivity index (χ1n) is 9.32. The molecule has 7 nitrogen and oxygen atoms in total. The highest BCUT2D eigenvalue weighted by molar-refractivity contribution is 5.92. The number of ether oxygens (including phenoxy) is 3. The Hall–Kier alpha value is -2.12. The minimum Gasteiger partial charge on any atom is -0.489 e. The summed E-state index contributed by atoms with van der Waals surface area (Å²) in [5, 5.41) is 0.835. The Morgan fingerprint density at radius 2 is 1.88 bits per heavy atom. The lowest BCUT2D eigenvalue weighted by molar-refractivity contribution is 0.122. The summed E-state index contributed by atoms with van der Waals surface area (Å²) in [6.07, 6.45) is 5.65. The summed E-state index contributed by atoms with van der Waals surface area (Å²) in [5.41, 5.74) is 7.97. The second-order valence-electron chi connectivity index (χ2n) is 6.98. The lowest BCUT2D eigenvalue weighted by atomic mass is 9.93. The lowest BCUT2D eigenvalue weighted by Gasteiger charge is -2.31. The molecular weight excluding hydrogens is 332 g/mol. The number of benzene rings is 1. The predicted octanol–water partition coefficient (Wildman–Crippen LogP) is 2.12. The molecule has 1 aromatic carbocycles. The molecule has 0 amide bonds. The zero-order valence-corrected chi connectivity index (χ0v) is 15.2. The van der Waals surface area contributed by atoms with Gasteiger partial charge in [0.2, 0.25) is 5.88 Å². The summed E-state index contributed by atoms with van der Waals surface area (Å²) in [5.74, 6) is 1.34. The van der Waals surface area contributed by atoms with E-state index in [1.54, 1.807) is 7.11 Å². The van der Waals surface area contributed by atoms with Gasteiger partial charge < -0.3 is 24.8 Å². The Kier molecular flexibility index (Phi) is 5.08. The second-order valence-corrected chi connectivity index (χ2v) is 6.98. The summed E-state index contributed by atoms with van der Waals surface area (Å²) in [7, 11) is 1.63. The van der Waals surface area contributed by atoms with Crippen LogP contribution < -0.4 is 20.1 Å². The van der Waals surface area contributed by atoms with Gasteiger partial charge in [-0.15, -0.1) is 0 Å². The fraction of sp³-hybridized carbons (Fsp3) is 0.579. The summed E-state index contributed by atoms with van der Waals surface area (Å²) >= 11 is 0. The van der Waals surface area contributed by atoms with Gasteiger partial charge in [0.25, 0.3) is 0 Å². The van der Waals surface area contributed by atoms with Crippen LogP contribution >= 0.6 is 0 Å². The molecule has 0 unspecified atom stereocenters. The van der Waals surface area contributed by atoms with Crippen molar-refractivity contribution in [3.05, 3.63) is 18.5 Å². The van der Waals surface area contributed by atoms with E-state index in [1.165, 1.54) is 6.33 Å². The first kappa shape index (κ1) is 17.3. The van der Waals surface area contributed by atoms with Gasteiger partial charge in [-0.3, -0.25) is 0 Å². The first-order valence-corrected chi connectivity index (χ1v) is 9.32. The third-order valence-corrected chi connectivity index (χ3v) is 5.23. The summed E-state index contributed by atoms with van der Waals surface area (Å²) in [4.78, 5) is 11.0. The number of nitrogens with zero attached hydrogens (tertiary/aromatic N) is 3.